The van der Waals surface area contributed by atoms with Gasteiger partial charge in [0.15, 0.2) is 14.0 Å². The molecular formula is C31H42N2O5Si. The van der Waals surface area contributed by atoms with Crippen LogP contribution in [0.4, 0.5) is 0 Å². The summed E-state index contributed by atoms with van der Waals surface area (Å²) in [6.45, 7) is 14.6. The first kappa shape index (κ1) is 27.8. The number of fused-ring (bicyclic) bond motifs is 2. The van der Waals surface area contributed by atoms with E-state index in [2.05, 4.69) is 39.2 Å². The maximum absolute atomic E-state index is 14.3. The van der Waals surface area contributed by atoms with E-state index >= 15 is 0 Å². The zero-order valence-electron chi connectivity index (χ0n) is 24.3. The van der Waals surface area contributed by atoms with E-state index < -0.39 is 31.9 Å². The Kier molecular flexibility index (Phi) is 6.95. The molecule has 0 radical (unpaired) electrons. The van der Waals surface area contributed by atoms with Gasteiger partial charge < -0.3 is 14.5 Å². The first-order valence-corrected chi connectivity index (χ1v) is 17.2. The average Bonchev–Trinajstić information content (AvgIpc) is 2.85. The van der Waals surface area contributed by atoms with Crippen LogP contribution in [0.5, 0.6) is 5.75 Å². The smallest absolute Gasteiger partial charge is 0.267 e. The molecule has 7 nitrogen and oxygen atoms in total. The number of carbonyl (C=O) groups is 3. The van der Waals surface area contributed by atoms with Gasteiger partial charge in [0.1, 0.15) is 5.75 Å². The van der Waals surface area contributed by atoms with Crippen molar-refractivity contribution in [1.29, 1.82) is 0 Å². The number of imide groups is 1. The molecule has 2 aromatic rings. The SMILES string of the molecule is CC(O[Si](C)(C)C(C)(C)C)[C@H]1C(=O)N[C@@H]1[C@@H](C)C(=O)N1C(=O)c2cc3ccccc3cc2OC12CCCCC2. The Morgan fingerprint density at radius 2 is 1.69 bits per heavy atom. The Morgan fingerprint density at radius 3 is 2.28 bits per heavy atom. The highest BCUT2D eigenvalue weighted by molar-refractivity contribution is 6.74. The van der Waals surface area contributed by atoms with Gasteiger partial charge in [0, 0.05) is 12.8 Å². The fourth-order valence-electron chi connectivity index (χ4n) is 6.19. The van der Waals surface area contributed by atoms with Crippen molar-refractivity contribution in [1.82, 2.24) is 10.2 Å². The predicted molar refractivity (Wildman–Crippen MR) is 154 cm³/mol. The number of ether oxygens (including phenoxy) is 1. The normalized spacial score (nSPS) is 24.4. The number of hydrogen-bond acceptors (Lipinski definition) is 5. The fraction of sp³-hybridized carbons (Fsp3) is 0.581. The summed E-state index contributed by atoms with van der Waals surface area (Å²) in [4.78, 5) is 42.5. The van der Waals surface area contributed by atoms with Crippen LogP contribution >= 0.6 is 0 Å². The summed E-state index contributed by atoms with van der Waals surface area (Å²) in [5.41, 5.74) is -0.586. The molecule has 3 amide bonds. The summed E-state index contributed by atoms with van der Waals surface area (Å²) in [7, 11) is -2.12. The Morgan fingerprint density at radius 1 is 1.08 bits per heavy atom. The maximum atomic E-state index is 14.3. The van der Waals surface area contributed by atoms with Crippen molar-refractivity contribution in [3.05, 3.63) is 42.0 Å². The Balaban J connectivity index is 1.45. The molecule has 0 bridgehead atoms. The number of hydrogen-bond donors (Lipinski definition) is 1. The first-order valence-electron chi connectivity index (χ1n) is 14.3. The first-order chi connectivity index (χ1) is 18.3. The van der Waals surface area contributed by atoms with Gasteiger partial charge in [-0.2, -0.15) is 0 Å². The van der Waals surface area contributed by atoms with E-state index in [9.17, 15) is 14.4 Å². The Labute approximate surface area is 232 Å². The van der Waals surface area contributed by atoms with Crippen LogP contribution in [0.25, 0.3) is 10.8 Å². The lowest BCUT2D eigenvalue weighted by Crippen LogP contribution is -2.70. The van der Waals surface area contributed by atoms with E-state index in [4.69, 9.17) is 9.16 Å². The average molecular weight is 551 g/mol. The summed E-state index contributed by atoms with van der Waals surface area (Å²) in [6.07, 6.45) is 3.70. The second kappa shape index (κ2) is 9.73. The molecule has 1 N–H and O–H groups in total. The predicted octanol–water partition coefficient (Wildman–Crippen LogP) is 6.02. The van der Waals surface area contributed by atoms with E-state index in [1.165, 1.54) is 4.90 Å². The van der Waals surface area contributed by atoms with E-state index in [1.54, 1.807) is 0 Å². The minimum Gasteiger partial charge on any atom is -0.467 e. The number of nitrogens with zero attached hydrogens (tertiary/aromatic N) is 1. The molecule has 0 aromatic heterocycles. The van der Waals surface area contributed by atoms with Crippen LogP contribution in [0.2, 0.25) is 18.1 Å². The van der Waals surface area contributed by atoms with E-state index in [0.29, 0.717) is 24.2 Å². The monoisotopic (exact) mass is 550 g/mol. The summed E-state index contributed by atoms with van der Waals surface area (Å²) in [5, 5.41) is 4.89. The van der Waals surface area contributed by atoms with Crippen LogP contribution in [-0.2, 0) is 14.0 Å². The number of carbonyl (C=O) groups excluding carboxylic acids is 3. The fourth-order valence-corrected chi connectivity index (χ4v) is 7.62. The van der Waals surface area contributed by atoms with Gasteiger partial charge in [0.25, 0.3) is 5.91 Å². The quantitative estimate of drug-likeness (QED) is 0.363. The molecule has 2 fully saturated rings. The van der Waals surface area contributed by atoms with Crippen molar-refractivity contribution in [2.75, 3.05) is 0 Å². The minimum absolute atomic E-state index is 0.000894. The van der Waals surface area contributed by atoms with E-state index in [1.807, 2.05) is 50.2 Å². The highest BCUT2D eigenvalue weighted by Crippen LogP contribution is 2.45. The molecule has 3 aliphatic rings. The van der Waals surface area contributed by atoms with Crippen LogP contribution in [-0.4, -0.2) is 48.8 Å². The topological polar surface area (TPSA) is 84.9 Å². The van der Waals surface area contributed by atoms with Crippen molar-refractivity contribution in [3.63, 3.8) is 0 Å². The van der Waals surface area contributed by atoms with Crippen LogP contribution < -0.4 is 10.1 Å². The molecule has 2 aromatic carbocycles. The van der Waals surface area contributed by atoms with Crippen molar-refractivity contribution < 1.29 is 23.5 Å². The van der Waals surface area contributed by atoms with Crippen LogP contribution in [0.15, 0.2) is 36.4 Å². The molecule has 2 aliphatic heterocycles. The number of amides is 3. The molecule has 1 unspecified atom stereocenters. The zero-order valence-corrected chi connectivity index (χ0v) is 25.3. The summed E-state index contributed by atoms with van der Waals surface area (Å²) >= 11 is 0. The molecule has 39 heavy (non-hydrogen) atoms. The van der Waals surface area contributed by atoms with E-state index in [-0.39, 0.29) is 28.9 Å². The minimum atomic E-state index is -2.12. The third-order valence-electron chi connectivity index (χ3n) is 9.56. The van der Waals surface area contributed by atoms with Crippen molar-refractivity contribution >= 4 is 36.8 Å². The Hall–Kier alpha value is -2.71. The van der Waals surface area contributed by atoms with Gasteiger partial charge in [-0.05, 0) is 60.8 Å². The molecule has 1 spiro atoms. The summed E-state index contributed by atoms with van der Waals surface area (Å²) < 4.78 is 13.2. The van der Waals surface area contributed by atoms with Gasteiger partial charge in [-0.25, -0.2) is 4.90 Å². The number of benzene rings is 2. The molecule has 8 heteroatoms. The van der Waals surface area contributed by atoms with Crippen LogP contribution in [0, 0.1) is 11.8 Å². The lowest BCUT2D eigenvalue weighted by Gasteiger charge is -2.51. The van der Waals surface area contributed by atoms with Crippen molar-refractivity contribution in [2.45, 2.75) is 103 Å². The van der Waals surface area contributed by atoms with Gasteiger partial charge in [-0.15, -0.1) is 0 Å². The highest BCUT2D eigenvalue weighted by atomic mass is 28.4. The van der Waals surface area contributed by atoms with Crippen molar-refractivity contribution in [2.24, 2.45) is 11.8 Å². The van der Waals surface area contributed by atoms with Crippen molar-refractivity contribution in [3.8, 4) is 5.75 Å². The van der Waals surface area contributed by atoms with Gasteiger partial charge in [-0.1, -0.05) is 58.4 Å². The second-order valence-corrected chi connectivity index (χ2v) is 18.0. The lowest BCUT2D eigenvalue weighted by molar-refractivity contribution is -0.162. The number of nitrogens with one attached hydrogen (secondary N) is 1. The molecule has 5 rings (SSSR count). The molecular weight excluding hydrogens is 508 g/mol. The maximum Gasteiger partial charge on any atom is 0.267 e. The summed E-state index contributed by atoms with van der Waals surface area (Å²) in [5.74, 6) is -1.22. The van der Waals surface area contributed by atoms with Gasteiger partial charge in [-0.3, -0.25) is 14.4 Å². The highest BCUT2D eigenvalue weighted by Gasteiger charge is 2.56. The standard InChI is InChI=1S/C31H42N2O5Si/c1-19(26-25(27(34)32-26)20(2)38-39(6,7)30(3,4)5)28(35)33-29(36)23-17-21-13-9-10-14-22(21)18-24(23)37-31(33)15-11-8-12-16-31/h9-10,13-14,17-20,25-26H,8,11-12,15-16H2,1-7H3,(H,32,34)/t19-,20?,25-,26-/m1/s1. The molecule has 1 saturated carbocycles. The van der Waals surface area contributed by atoms with E-state index in [0.717, 1.165) is 30.0 Å². The third-order valence-corrected chi connectivity index (χ3v) is 14.1. The van der Waals surface area contributed by atoms with Crippen LogP contribution in [0.1, 0.15) is 77.1 Å². The molecule has 1 aliphatic carbocycles. The lowest BCUT2D eigenvalue weighted by atomic mass is 9.77. The largest absolute Gasteiger partial charge is 0.467 e. The van der Waals surface area contributed by atoms with Gasteiger partial charge >= 0.3 is 0 Å². The number of rotatable bonds is 5. The Bertz CT molecular complexity index is 1310. The molecule has 4 atom stereocenters. The summed E-state index contributed by atoms with van der Waals surface area (Å²) in [6, 6.07) is 11.2. The van der Waals surface area contributed by atoms with Gasteiger partial charge in [0.05, 0.1) is 29.5 Å². The second-order valence-electron chi connectivity index (χ2n) is 13.2. The molecule has 1 saturated heterocycles. The third kappa shape index (κ3) is 4.69. The van der Waals surface area contributed by atoms with Crippen LogP contribution in [0.3, 0.4) is 0 Å². The molecule has 2 heterocycles. The van der Waals surface area contributed by atoms with Gasteiger partial charge in [0.2, 0.25) is 11.8 Å². The zero-order chi connectivity index (χ0) is 28.3. The number of β-lactam (4-membered cyclic amide) rings is 1. The molecule has 210 valence electrons.